The normalized spacial score (nSPS) is 10.3. The molecular formula is C15H16ClN. The Morgan fingerprint density at radius 2 is 1.59 bits per heavy atom. The first-order valence-corrected chi connectivity index (χ1v) is 6.17. The summed E-state index contributed by atoms with van der Waals surface area (Å²) in [6.07, 6.45) is 0. The molecule has 0 N–H and O–H groups in total. The van der Waals surface area contributed by atoms with Crippen LogP contribution in [0.3, 0.4) is 0 Å². The second-order valence-electron chi connectivity index (χ2n) is 4.23. The fourth-order valence-corrected chi connectivity index (χ4v) is 2.09. The maximum Gasteiger partial charge on any atom is 0.0480 e. The topological polar surface area (TPSA) is 3.24 Å². The zero-order valence-electron chi connectivity index (χ0n) is 10.2. The average Bonchev–Trinajstić information content (AvgIpc) is 2.39. The molecule has 0 amide bonds. The maximum atomic E-state index is 5.96. The van der Waals surface area contributed by atoms with Crippen molar-refractivity contribution in [3.05, 3.63) is 54.1 Å². The Hall–Kier alpha value is -1.47. The Labute approximate surface area is 108 Å². The fraction of sp³-hybridized carbons (Fsp3) is 0.200. The number of rotatable bonds is 3. The minimum atomic E-state index is 0.547. The van der Waals surface area contributed by atoms with E-state index in [9.17, 15) is 0 Å². The molecule has 0 unspecified atom stereocenters. The van der Waals surface area contributed by atoms with Gasteiger partial charge in [-0.1, -0.05) is 36.4 Å². The van der Waals surface area contributed by atoms with Crippen molar-refractivity contribution >= 4 is 17.3 Å². The number of alkyl halides is 1. The zero-order valence-corrected chi connectivity index (χ0v) is 10.9. The van der Waals surface area contributed by atoms with E-state index in [0.717, 1.165) is 0 Å². The lowest BCUT2D eigenvalue weighted by atomic mass is 10.0. The lowest BCUT2D eigenvalue weighted by Gasteiger charge is -2.13. The second-order valence-corrected chi connectivity index (χ2v) is 4.50. The summed E-state index contributed by atoms with van der Waals surface area (Å²) in [5, 5.41) is 0. The first-order valence-electron chi connectivity index (χ1n) is 5.64. The molecule has 17 heavy (non-hydrogen) atoms. The van der Waals surface area contributed by atoms with Gasteiger partial charge in [-0.15, -0.1) is 11.6 Å². The molecule has 0 aliphatic carbocycles. The molecule has 0 heterocycles. The van der Waals surface area contributed by atoms with Crippen LogP contribution in [0.2, 0.25) is 0 Å². The van der Waals surface area contributed by atoms with E-state index in [1.165, 1.54) is 22.4 Å². The fourth-order valence-electron chi connectivity index (χ4n) is 1.86. The van der Waals surface area contributed by atoms with Crippen molar-refractivity contribution < 1.29 is 0 Å². The molecule has 2 aromatic rings. The molecule has 0 fully saturated rings. The van der Waals surface area contributed by atoms with Gasteiger partial charge >= 0.3 is 0 Å². The minimum absolute atomic E-state index is 0.547. The summed E-state index contributed by atoms with van der Waals surface area (Å²) < 4.78 is 0. The lowest BCUT2D eigenvalue weighted by molar-refractivity contribution is 1.13. The van der Waals surface area contributed by atoms with Gasteiger partial charge in [0.15, 0.2) is 0 Å². The van der Waals surface area contributed by atoms with Crippen LogP contribution in [0.25, 0.3) is 11.1 Å². The number of hydrogen-bond donors (Lipinski definition) is 0. The van der Waals surface area contributed by atoms with Crippen molar-refractivity contribution in [2.45, 2.75) is 5.88 Å². The molecule has 0 aromatic heterocycles. The van der Waals surface area contributed by atoms with Crippen molar-refractivity contribution in [3.63, 3.8) is 0 Å². The van der Waals surface area contributed by atoms with E-state index in [-0.39, 0.29) is 0 Å². The first-order chi connectivity index (χ1) is 8.22. The van der Waals surface area contributed by atoms with Crippen LogP contribution in [0, 0.1) is 0 Å². The highest BCUT2D eigenvalue weighted by atomic mass is 35.5. The van der Waals surface area contributed by atoms with E-state index in [1.54, 1.807) is 0 Å². The highest BCUT2D eigenvalue weighted by molar-refractivity contribution is 6.17. The summed E-state index contributed by atoms with van der Waals surface area (Å²) in [7, 11) is 4.09. The standard InChI is InChI=1S/C15H16ClN/c1-17(2)14-9-7-12(8-10-14)15-6-4-3-5-13(15)11-16/h3-10H,11H2,1-2H3. The Balaban J connectivity index is 2.40. The van der Waals surface area contributed by atoms with Crippen LogP contribution in [0.5, 0.6) is 0 Å². The van der Waals surface area contributed by atoms with Crippen LogP contribution in [0.4, 0.5) is 5.69 Å². The maximum absolute atomic E-state index is 5.96. The Morgan fingerprint density at radius 3 is 2.18 bits per heavy atom. The molecule has 0 radical (unpaired) electrons. The van der Waals surface area contributed by atoms with Gasteiger partial charge in [-0.05, 0) is 28.8 Å². The van der Waals surface area contributed by atoms with Gasteiger partial charge in [0.2, 0.25) is 0 Å². The van der Waals surface area contributed by atoms with Crippen LogP contribution in [0.15, 0.2) is 48.5 Å². The number of anilines is 1. The Morgan fingerprint density at radius 1 is 0.941 bits per heavy atom. The monoisotopic (exact) mass is 245 g/mol. The summed E-state index contributed by atoms with van der Waals surface area (Å²) in [6.45, 7) is 0. The van der Waals surface area contributed by atoms with E-state index in [0.29, 0.717) is 5.88 Å². The molecule has 0 aliphatic heterocycles. The van der Waals surface area contributed by atoms with Crippen molar-refractivity contribution in [2.75, 3.05) is 19.0 Å². The second kappa shape index (κ2) is 5.24. The smallest absolute Gasteiger partial charge is 0.0480 e. The van der Waals surface area contributed by atoms with Crippen LogP contribution >= 0.6 is 11.6 Å². The molecule has 2 rings (SSSR count). The third kappa shape index (κ3) is 2.62. The predicted molar refractivity (Wildman–Crippen MR) is 75.8 cm³/mol. The summed E-state index contributed by atoms with van der Waals surface area (Å²) in [6, 6.07) is 16.8. The number of hydrogen-bond acceptors (Lipinski definition) is 1. The van der Waals surface area contributed by atoms with Crippen molar-refractivity contribution in [3.8, 4) is 11.1 Å². The van der Waals surface area contributed by atoms with Gasteiger partial charge in [0.25, 0.3) is 0 Å². The molecule has 2 heteroatoms. The molecule has 0 spiro atoms. The van der Waals surface area contributed by atoms with Gasteiger partial charge in [-0.25, -0.2) is 0 Å². The molecule has 88 valence electrons. The molecule has 2 aromatic carbocycles. The highest BCUT2D eigenvalue weighted by Crippen LogP contribution is 2.26. The SMILES string of the molecule is CN(C)c1ccc(-c2ccccc2CCl)cc1. The Bertz CT molecular complexity index is 489. The van der Waals surface area contributed by atoms with Gasteiger partial charge in [-0.2, -0.15) is 0 Å². The molecule has 0 atom stereocenters. The largest absolute Gasteiger partial charge is 0.378 e. The molecule has 0 saturated carbocycles. The van der Waals surface area contributed by atoms with Crippen molar-refractivity contribution in [1.29, 1.82) is 0 Å². The van der Waals surface area contributed by atoms with Crippen LogP contribution in [-0.4, -0.2) is 14.1 Å². The van der Waals surface area contributed by atoms with E-state index < -0.39 is 0 Å². The van der Waals surface area contributed by atoms with Gasteiger partial charge in [0, 0.05) is 25.7 Å². The van der Waals surface area contributed by atoms with E-state index in [4.69, 9.17) is 11.6 Å². The zero-order chi connectivity index (χ0) is 12.3. The van der Waals surface area contributed by atoms with Crippen LogP contribution < -0.4 is 4.90 Å². The van der Waals surface area contributed by atoms with Gasteiger partial charge in [0.1, 0.15) is 0 Å². The minimum Gasteiger partial charge on any atom is -0.378 e. The molecule has 1 nitrogen and oxygen atoms in total. The highest BCUT2D eigenvalue weighted by Gasteiger charge is 2.03. The van der Waals surface area contributed by atoms with Gasteiger partial charge in [0.05, 0.1) is 0 Å². The summed E-state index contributed by atoms with van der Waals surface area (Å²) in [4.78, 5) is 2.09. The summed E-state index contributed by atoms with van der Waals surface area (Å²) in [5.74, 6) is 0.547. The lowest BCUT2D eigenvalue weighted by Crippen LogP contribution is -2.07. The van der Waals surface area contributed by atoms with Crippen LogP contribution in [-0.2, 0) is 5.88 Å². The van der Waals surface area contributed by atoms with Crippen molar-refractivity contribution in [2.24, 2.45) is 0 Å². The average molecular weight is 246 g/mol. The molecule has 0 bridgehead atoms. The summed E-state index contributed by atoms with van der Waals surface area (Å²) in [5.41, 5.74) is 4.81. The molecular weight excluding hydrogens is 230 g/mol. The van der Waals surface area contributed by atoms with Gasteiger partial charge < -0.3 is 4.90 Å². The number of benzene rings is 2. The summed E-state index contributed by atoms with van der Waals surface area (Å²) >= 11 is 5.96. The van der Waals surface area contributed by atoms with Crippen molar-refractivity contribution in [1.82, 2.24) is 0 Å². The number of halogens is 1. The van der Waals surface area contributed by atoms with Gasteiger partial charge in [-0.3, -0.25) is 0 Å². The predicted octanol–water partition coefficient (Wildman–Crippen LogP) is 4.16. The van der Waals surface area contributed by atoms with E-state index >= 15 is 0 Å². The van der Waals surface area contributed by atoms with E-state index in [1.807, 2.05) is 26.2 Å². The first kappa shape index (κ1) is 12.0. The third-order valence-corrected chi connectivity index (χ3v) is 3.14. The van der Waals surface area contributed by atoms with E-state index in [2.05, 4.69) is 41.3 Å². The molecule has 0 saturated heterocycles. The number of nitrogens with zero attached hydrogens (tertiary/aromatic N) is 1. The quantitative estimate of drug-likeness (QED) is 0.734. The third-order valence-electron chi connectivity index (χ3n) is 2.86. The molecule has 0 aliphatic rings. The van der Waals surface area contributed by atoms with Crippen LogP contribution in [0.1, 0.15) is 5.56 Å². The Kier molecular flexibility index (Phi) is 3.70.